The van der Waals surface area contributed by atoms with E-state index in [0.717, 1.165) is 11.1 Å². The molecule has 0 saturated carbocycles. The highest BCUT2D eigenvalue weighted by Gasteiger charge is 2.25. The summed E-state index contributed by atoms with van der Waals surface area (Å²) in [5.41, 5.74) is 2.24. The van der Waals surface area contributed by atoms with E-state index in [9.17, 15) is 9.18 Å². The summed E-state index contributed by atoms with van der Waals surface area (Å²) in [5, 5.41) is 6.23. The van der Waals surface area contributed by atoms with Crippen LogP contribution in [0, 0.1) is 5.82 Å². The van der Waals surface area contributed by atoms with Crippen LogP contribution in [0.4, 0.5) is 4.39 Å². The topological polar surface area (TPSA) is 66.9 Å². The lowest BCUT2D eigenvalue weighted by molar-refractivity contribution is -0.123. The predicted octanol–water partition coefficient (Wildman–Crippen LogP) is 3.50. The van der Waals surface area contributed by atoms with Gasteiger partial charge in [0.2, 0.25) is 5.91 Å². The quantitative estimate of drug-likeness (QED) is 0.564. The number of nitrogens with one attached hydrogen (secondary N) is 2. The zero-order valence-electron chi connectivity index (χ0n) is 15.8. The Morgan fingerprint density at radius 2 is 1.76 bits per heavy atom. The van der Waals surface area contributed by atoms with Crippen molar-refractivity contribution in [1.29, 1.82) is 0 Å². The summed E-state index contributed by atoms with van der Waals surface area (Å²) in [4.78, 5) is 20.9. The van der Waals surface area contributed by atoms with Gasteiger partial charge < -0.3 is 10.6 Å². The summed E-state index contributed by atoms with van der Waals surface area (Å²) in [6, 6.07) is 11.1. The first-order valence-electron chi connectivity index (χ1n) is 9.38. The van der Waals surface area contributed by atoms with Gasteiger partial charge in [-0.2, -0.15) is 0 Å². The molecule has 5 nitrogen and oxygen atoms in total. The fourth-order valence-corrected chi connectivity index (χ4v) is 3.27. The number of pyridine rings is 2. The maximum Gasteiger partial charge on any atom is 0.241 e. The Balaban J connectivity index is 1.67. The molecule has 1 aromatic carbocycles. The minimum Gasteiger partial charge on any atom is -0.354 e. The molecule has 2 aromatic heterocycles. The van der Waals surface area contributed by atoms with Gasteiger partial charge in [0.1, 0.15) is 11.9 Å². The highest BCUT2D eigenvalue weighted by Crippen LogP contribution is 2.26. The summed E-state index contributed by atoms with van der Waals surface area (Å²) in [7, 11) is 0. The van der Waals surface area contributed by atoms with Crippen LogP contribution < -0.4 is 10.6 Å². The molecule has 0 aliphatic rings. The molecule has 0 aliphatic heterocycles. The lowest BCUT2D eigenvalue weighted by atomic mass is 10.0. The number of aromatic nitrogens is 2. The van der Waals surface area contributed by atoms with Crippen LogP contribution in [0.25, 0.3) is 0 Å². The maximum atomic E-state index is 14.5. The molecule has 0 aliphatic carbocycles. The van der Waals surface area contributed by atoms with Gasteiger partial charge in [0.15, 0.2) is 0 Å². The van der Waals surface area contributed by atoms with Gasteiger partial charge >= 0.3 is 0 Å². The second-order valence-electron chi connectivity index (χ2n) is 6.53. The van der Waals surface area contributed by atoms with Crippen LogP contribution in [0.3, 0.4) is 0 Å². The third-order valence-corrected chi connectivity index (χ3v) is 4.83. The van der Waals surface area contributed by atoms with Crippen molar-refractivity contribution in [2.24, 2.45) is 0 Å². The second-order valence-corrected chi connectivity index (χ2v) is 6.94. The van der Waals surface area contributed by atoms with Gasteiger partial charge in [0.25, 0.3) is 0 Å². The smallest absolute Gasteiger partial charge is 0.241 e. The first kappa shape index (κ1) is 20.9. The molecule has 0 fully saturated rings. The average molecular weight is 413 g/mol. The molecule has 2 N–H and O–H groups in total. The Bertz CT molecular complexity index is 904. The number of carbonyl (C=O) groups is 1. The van der Waals surface area contributed by atoms with Crippen molar-refractivity contribution in [2.45, 2.75) is 18.9 Å². The van der Waals surface area contributed by atoms with E-state index in [1.54, 1.807) is 30.9 Å². The number of carbonyl (C=O) groups excluding carboxylic acids is 1. The summed E-state index contributed by atoms with van der Waals surface area (Å²) >= 11 is 6.22. The van der Waals surface area contributed by atoms with Crippen molar-refractivity contribution < 1.29 is 9.18 Å². The normalized spacial score (nSPS) is 11.8. The Morgan fingerprint density at radius 3 is 2.48 bits per heavy atom. The van der Waals surface area contributed by atoms with Crippen LogP contribution >= 0.6 is 11.6 Å². The molecule has 1 amide bonds. The lowest BCUT2D eigenvalue weighted by Gasteiger charge is -2.20. The number of hydrogen-bond acceptors (Lipinski definition) is 4. The van der Waals surface area contributed by atoms with Crippen LogP contribution in [0.1, 0.15) is 22.7 Å². The molecule has 3 rings (SSSR count). The molecule has 0 spiro atoms. The van der Waals surface area contributed by atoms with Gasteiger partial charge in [-0.05, 0) is 54.3 Å². The Labute approximate surface area is 174 Å². The lowest BCUT2D eigenvalue weighted by Crippen LogP contribution is -2.39. The van der Waals surface area contributed by atoms with Crippen molar-refractivity contribution in [2.75, 3.05) is 13.1 Å². The summed E-state index contributed by atoms with van der Waals surface area (Å²) in [5.74, 6) is -0.835. The summed E-state index contributed by atoms with van der Waals surface area (Å²) in [6.07, 6.45) is 8.19. The summed E-state index contributed by atoms with van der Waals surface area (Å²) < 4.78 is 14.5. The van der Waals surface area contributed by atoms with Gasteiger partial charge in [0, 0.05) is 48.5 Å². The van der Waals surface area contributed by atoms with Crippen LogP contribution in [-0.2, 0) is 17.6 Å². The van der Waals surface area contributed by atoms with Crippen LogP contribution in [0.2, 0.25) is 5.02 Å². The third-order valence-electron chi connectivity index (χ3n) is 4.50. The standard InChI is InChI=1S/C22H22ClFN4O/c23-18-4-1-5-19(24)20(18)21(27-13-9-17-3-2-10-26-15-17)22(29)28-14-8-16-6-11-25-12-7-16/h1-7,10-12,15,21,27H,8-9,13-14H2,(H,28,29). The average Bonchev–Trinajstić information content (AvgIpc) is 2.74. The van der Waals surface area contributed by atoms with E-state index in [1.165, 1.54) is 12.1 Å². The van der Waals surface area contributed by atoms with E-state index in [-0.39, 0.29) is 16.5 Å². The first-order chi connectivity index (χ1) is 14.1. The van der Waals surface area contributed by atoms with Crippen molar-refractivity contribution in [3.05, 3.63) is 94.8 Å². The van der Waals surface area contributed by atoms with E-state index in [2.05, 4.69) is 20.6 Å². The predicted molar refractivity (Wildman–Crippen MR) is 111 cm³/mol. The molecular weight excluding hydrogens is 391 g/mol. The van der Waals surface area contributed by atoms with E-state index in [4.69, 9.17) is 11.6 Å². The monoisotopic (exact) mass is 412 g/mol. The number of rotatable bonds is 9. The zero-order chi connectivity index (χ0) is 20.5. The van der Waals surface area contributed by atoms with E-state index < -0.39 is 11.9 Å². The molecule has 0 saturated heterocycles. The number of benzene rings is 1. The highest BCUT2D eigenvalue weighted by molar-refractivity contribution is 6.31. The van der Waals surface area contributed by atoms with E-state index in [0.29, 0.717) is 25.9 Å². The number of hydrogen-bond donors (Lipinski definition) is 2. The number of halogens is 2. The zero-order valence-corrected chi connectivity index (χ0v) is 16.6. The van der Waals surface area contributed by atoms with E-state index >= 15 is 0 Å². The molecule has 2 heterocycles. The van der Waals surface area contributed by atoms with Gasteiger partial charge in [-0.1, -0.05) is 23.7 Å². The molecule has 0 radical (unpaired) electrons. The molecule has 1 atom stereocenters. The van der Waals surface area contributed by atoms with E-state index in [1.807, 2.05) is 24.3 Å². The molecule has 150 valence electrons. The SMILES string of the molecule is O=C(NCCc1ccncc1)C(NCCc1cccnc1)c1c(F)cccc1Cl. The van der Waals surface area contributed by atoms with Crippen LogP contribution in [0.15, 0.2) is 67.3 Å². The molecular formula is C22H22ClFN4O. The minimum atomic E-state index is -0.891. The number of nitrogens with zero attached hydrogens (tertiary/aromatic N) is 2. The Morgan fingerprint density at radius 1 is 0.966 bits per heavy atom. The molecule has 1 unspecified atom stereocenters. The van der Waals surface area contributed by atoms with Gasteiger partial charge in [0.05, 0.1) is 0 Å². The largest absolute Gasteiger partial charge is 0.354 e. The second kappa shape index (κ2) is 10.6. The van der Waals surface area contributed by atoms with Crippen molar-refractivity contribution in [1.82, 2.24) is 20.6 Å². The van der Waals surface area contributed by atoms with Gasteiger partial charge in [-0.3, -0.25) is 14.8 Å². The third kappa shape index (κ3) is 6.07. The number of amides is 1. The van der Waals surface area contributed by atoms with Crippen LogP contribution in [0.5, 0.6) is 0 Å². The maximum absolute atomic E-state index is 14.5. The Kier molecular flexibility index (Phi) is 7.67. The first-order valence-corrected chi connectivity index (χ1v) is 9.76. The van der Waals surface area contributed by atoms with Gasteiger partial charge in [-0.25, -0.2) is 4.39 Å². The van der Waals surface area contributed by atoms with Crippen LogP contribution in [-0.4, -0.2) is 29.0 Å². The van der Waals surface area contributed by atoms with Crippen molar-refractivity contribution >= 4 is 17.5 Å². The Hall–Kier alpha value is -2.83. The highest BCUT2D eigenvalue weighted by atomic mass is 35.5. The molecule has 29 heavy (non-hydrogen) atoms. The minimum absolute atomic E-state index is 0.154. The fourth-order valence-electron chi connectivity index (χ4n) is 3.00. The van der Waals surface area contributed by atoms with Crippen molar-refractivity contribution in [3.63, 3.8) is 0 Å². The van der Waals surface area contributed by atoms with Gasteiger partial charge in [-0.15, -0.1) is 0 Å². The molecule has 0 bridgehead atoms. The summed E-state index contributed by atoms with van der Waals surface area (Å²) in [6.45, 7) is 0.897. The molecule has 7 heteroatoms. The molecule has 3 aromatic rings. The van der Waals surface area contributed by atoms with Crippen molar-refractivity contribution in [3.8, 4) is 0 Å². The fraction of sp³-hybridized carbons (Fsp3) is 0.227.